The number of ether oxygens (including phenoxy) is 2. The molecule has 1 unspecified atom stereocenters. The smallest absolute Gasteiger partial charge is 0.306 e. The zero-order chi connectivity index (χ0) is 16.2. The molecule has 0 bridgehead atoms. The Labute approximate surface area is 138 Å². The van der Waals surface area contributed by atoms with Crippen LogP contribution in [-0.4, -0.2) is 33.4 Å². The molecule has 1 aliphatic rings. The van der Waals surface area contributed by atoms with Crippen molar-refractivity contribution in [2.24, 2.45) is 5.92 Å². The second kappa shape index (κ2) is 7.35. The number of sulfone groups is 1. The lowest BCUT2D eigenvalue weighted by molar-refractivity contribution is -0.144. The summed E-state index contributed by atoms with van der Waals surface area (Å²) in [7, 11) is -3.15. The highest BCUT2D eigenvalue weighted by Gasteiger charge is 2.24. The van der Waals surface area contributed by atoms with Crippen LogP contribution in [0.25, 0.3) is 0 Å². The number of halogens is 2. The maximum Gasteiger partial charge on any atom is 0.306 e. The number of carbonyl (C=O) groups is 1. The van der Waals surface area contributed by atoms with Gasteiger partial charge in [0.2, 0.25) is 0 Å². The first-order valence-electron chi connectivity index (χ1n) is 6.50. The summed E-state index contributed by atoms with van der Waals surface area (Å²) >= 11 is 11.7. The van der Waals surface area contributed by atoms with Crippen LogP contribution in [0.3, 0.4) is 0 Å². The summed E-state index contributed by atoms with van der Waals surface area (Å²) in [4.78, 5) is 11.6. The summed E-state index contributed by atoms with van der Waals surface area (Å²) in [6.07, 6.45) is 1.55. The van der Waals surface area contributed by atoms with Crippen LogP contribution in [-0.2, 0) is 19.4 Å². The van der Waals surface area contributed by atoms with Gasteiger partial charge in [0.15, 0.2) is 9.84 Å². The van der Waals surface area contributed by atoms with Crippen molar-refractivity contribution in [2.75, 3.05) is 19.0 Å². The summed E-state index contributed by atoms with van der Waals surface area (Å²) in [5.41, 5.74) is 0. The van der Waals surface area contributed by atoms with Gasteiger partial charge < -0.3 is 9.47 Å². The van der Waals surface area contributed by atoms with Crippen molar-refractivity contribution in [3.8, 4) is 5.75 Å². The molecular weight excluding hydrogens is 351 g/mol. The summed E-state index contributed by atoms with van der Waals surface area (Å²) in [5.74, 6) is -0.368. The number of benzene rings is 1. The van der Waals surface area contributed by atoms with Crippen LogP contribution in [0.15, 0.2) is 29.7 Å². The van der Waals surface area contributed by atoms with E-state index >= 15 is 0 Å². The average Bonchev–Trinajstić information content (AvgIpc) is 2.76. The average molecular weight is 365 g/mol. The van der Waals surface area contributed by atoms with Gasteiger partial charge in [-0.3, -0.25) is 4.79 Å². The fourth-order valence-corrected chi connectivity index (χ4v) is 3.80. The highest BCUT2D eigenvalue weighted by atomic mass is 35.5. The van der Waals surface area contributed by atoms with E-state index < -0.39 is 15.8 Å². The molecule has 2 rings (SSSR count). The largest absolute Gasteiger partial charge is 0.488 e. The Balaban J connectivity index is 1.68. The molecule has 0 saturated carbocycles. The van der Waals surface area contributed by atoms with Gasteiger partial charge in [0.1, 0.15) is 19.0 Å². The predicted molar refractivity (Wildman–Crippen MR) is 83.9 cm³/mol. The Morgan fingerprint density at radius 3 is 2.68 bits per heavy atom. The van der Waals surface area contributed by atoms with Gasteiger partial charge >= 0.3 is 5.97 Å². The van der Waals surface area contributed by atoms with E-state index in [2.05, 4.69) is 0 Å². The molecule has 0 spiro atoms. The maximum absolute atomic E-state index is 11.6. The molecule has 0 fully saturated rings. The molecular formula is C14H14Cl2O5S. The van der Waals surface area contributed by atoms with Gasteiger partial charge in [-0.05, 0) is 18.2 Å². The van der Waals surface area contributed by atoms with Crippen molar-refractivity contribution in [1.82, 2.24) is 0 Å². The number of esters is 1. The highest BCUT2D eigenvalue weighted by molar-refractivity contribution is 7.94. The molecule has 1 heterocycles. The van der Waals surface area contributed by atoms with Crippen LogP contribution in [0, 0.1) is 5.92 Å². The van der Waals surface area contributed by atoms with Crippen LogP contribution < -0.4 is 4.74 Å². The third kappa shape index (κ3) is 5.19. The van der Waals surface area contributed by atoms with Crippen LogP contribution in [0.2, 0.25) is 10.0 Å². The van der Waals surface area contributed by atoms with Gasteiger partial charge in [0, 0.05) is 16.3 Å². The molecule has 1 atom stereocenters. The maximum atomic E-state index is 11.6. The quantitative estimate of drug-likeness (QED) is 0.573. The number of hydrogen-bond acceptors (Lipinski definition) is 5. The summed E-state index contributed by atoms with van der Waals surface area (Å²) < 4.78 is 32.8. The monoisotopic (exact) mass is 364 g/mol. The molecule has 120 valence electrons. The van der Waals surface area contributed by atoms with E-state index in [4.69, 9.17) is 32.7 Å². The number of rotatable bonds is 6. The lowest BCUT2D eigenvalue weighted by Crippen LogP contribution is -2.16. The molecule has 1 aliphatic heterocycles. The Hall–Kier alpha value is -1.24. The van der Waals surface area contributed by atoms with E-state index in [0.29, 0.717) is 15.8 Å². The Morgan fingerprint density at radius 1 is 1.27 bits per heavy atom. The zero-order valence-electron chi connectivity index (χ0n) is 11.5. The molecule has 22 heavy (non-hydrogen) atoms. The lowest BCUT2D eigenvalue weighted by Gasteiger charge is -2.10. The van der Waals surface area contributed by atoms with E-state index in [1.54, 1.807) is 18.2 Å². The molecule has 0 saturated heterocycles. The van der Waals surface area contributed by atoms with Crippen LogP contribution in [0.4, 0.5) is 0 Å². The summed E-state index contributed by atoms with van der Waals surface area (Å²) in [6, 6.07) is 4.82. The van der Waals surface area contributed by atoms with Crippen molar-refractivity contribution in [3.05, 3.63) is 39.7 Å². The van der Waals surface area contributed by atoms with Gasteiger partial charge in [0.05, 0.1) is 17.2 Å². The second-order valence-corrected chi connectivity index (χ2v) is 7.54. The first kappa shape index (κ1) is 17.1. The van der Waals surface area contributed by atoms with Crippen LogP contribution in [0.5, 0.6) is 5.75 Å². The summed E-state index contributed by atoms with van der Waals surface area (Å²) in [6.45, 7) is 0.201. The molecule has 1 aromatic rings. The molecule has 0 radical (unpaired) electrons. The van der Waals surface area contributed by atoms with Gasteiger partial charge in [-0.2, -0.15) is 0 Å². The fourth-order valence-electron chi connectivity index (χ4n) is 1.94. The number of hydrogen-bond donors (Lipinski definition) is 0. The van der Waals surface area contributed by atoms with Crippen molar-refractivity contribution in [3.63, 3.8) is 0 Å². The summed E-state index contributed by atoms with van der Waals surface area (Å²) in [5, 5.41) is 2.01. The van der Waals surface area contributed by atoms with Crippen molar-refractivity contribution >= 4 is 39.0 Å². The normalized spacial score (nSPS) is 19.1. The minimum absolute atomic E-state index is 0.0391. The Morgan fingerprint density at radius 2 is 2.05 bits per heavy atom. The SMILES string of the molecule is O=C(CC1C=CS(=O)(=O)C1)OCCOc1ccc(Cl)cc1Cl. The van der Waals surface area contributed by atoms with E-state index in [-0.39, 0.29) is 31.3 Å². The molecule has 0 N–H and O–H groups in total. The Kier molecular flexibility index (Phi) is 5.72. The molecule has 0 amide bonds. The van der Waals surface area contributed by atoms with E-state index in [9.17, 15) is 13.2 Å². The first-order valence-corrected chi connectivity index (χ1v) is 8.97. The van der Waals surface area contributed by atoms with Gasteiger partial charge in [-0.25, -0.2) is 8.42 Å². The molecule has 0 aliphatic carbocycles. The van der Waals surface area contributed by atoms with Gasteiger partial charge in [0.25, 0.3) is 0 Å². The second-order valence-electron chi connectivity index (χ2n) is 4.77. The topological polar surface area (TPSA) is 69.7 Å². The van der Waals surface area contributed by atoms with E-state index in [1.807, 2.05) is 0 Å². The van der Waals surface area contributed by atoms with Crippen molar-refractivity contribution < 1.29 is 22.7 Å². The first-order chi connectivity index (χ1) is 10.4. The molecule has 0 aromatic heterocycles. The minimum Gasteiger partial charge on any atom is -0.488 e. The number of allylic oxidation sites excluding steroid dienone is 1. The van der Waals surface area contributed by atoms with Crippen molar-refractivity contribution in [2.45, 2.75) is 6.42 Å². The van der Waals surface area contributed by atoms with Gasteiger partial charge in [-0.1, -0.05) is 29.3 Å². The van der Waals surface area contributed by atoms with Gasteiger partial charge in [-0.15, -0.1) is 0 Å². The molecule has 8 heteroatoms. The van der Waals surface area contributed by atoms with Crippen molar-refractivity contribution in [1.29, 1.82) is 0 Å². The molecule has 1 aromatic carbocycles. The third-order valence-electron chi connectivity index (χ3n) is 2.93. The Bertz CT molecular complexity index is 684. The fraction of sp³-hybridized carbons (Fsp3) is 0.357. The lowest BCUT2D eigenvalue weighted by atomic mass is 10.1. The van der Waals surface area contributed by atoms with E-state index in [0.717, 1.165) is 5.41 Å². The standard InChI is InChI=1S/C14H14Cl2O5S/c15-11-1-2-13(12(16)8-11)20-4-5-21-14(17)7-10-3-6-22(18,19)9-10/h1-3,6,8,10H,4-5,7,9H2. The number of carbonyl (C=O) groups excluding carboxylic acids is 1. The highest BCUT2D eigenvalue weighted by Crippen LogP contribution is 2.27. The zero-order valence-corrected chi connectivity index (χ0v) is 13.8. The van der Waals surface area contributed by atoms with Crippen LogP contribution >= 0.6 is 23.2 Å². The minimum atomic E-state index is -3.15. The third-order valence-corrected chi connectivity index (χ3v) is 4.93. The van der Waals surface area contributed by atoms with Crippen LogP contribution in [0.1, 0.15) is 6.42 Å². The predicted octanol–water partition coefficient (Wildman–Crippen LogP) is 2.86. The van der Waals surface area contributed by atoms with E-state index in [1.165, 1.54) is 6.08 Å². The molecule has 5 nitrogen and oxygen atoms in total.